The van der Waals surface area contributed by atoms with E-state index in [0.717, 1.165) is 16.7 Å². The van der Waals surface area contributed by atoms with Gasteiger partial charge in [-0.15, -0.1) is 0 Å². The minimum atomic E-state index is -0.372. The van der Waals surface area contributed by atoms with Gasteiger partial charge in [-0.05, 0) is 71.3 Å². The van der Waals surface area contributed by atoms with Crippen molar-refractivity contribution < 1.29 is 18.4 Å². The van der Waals surface area contributed by atoms with E-state index >= 15 is 0 Å². The van der Waals surface area contributed by atoms with Gasteiger partial charge in [-0.2, -0.15) is 0 Å². The van der Waals surface area contributed by atoms with Crippen LogP contribution in [0.15, 0.2) is 95.7 Å². The van der Waals surface area contributed by atoms with Crippen LogP contribution >= 0.6 is 0 Å². The molecule has 0 saturated heterocycles. The second kappa shape index (κ2) is 9.84. The number of nitrogens with one attached hydrogen (secondary N) is 2. The normalized spacial score (nSPS) is 10.8. The van der Waals surface area contributed by atoms with Gasteiger partial charge in [0.1, 0.15) is 17.2 Å². The lowest BCUT2D eigenvalue weighted by Crippen LogP contribution is -2.22. The molecule has 0 aliphatic carbocycles. The van der Waals surface area contributed by atoms with E-state index < -0.39 is 0 Å². The largest absolute Gasteiger partial charge is 0.455 e. The second-order valence-corrected chi connectivity index (χ2v) is 8.23. The van der Waals surface area contributed by atoms with E-state index in [1.54, 1.807) is 49.8 Å². The van der Waals surface area contributed by atoms with Crippen molar-refractivity contribution in [3.63, 3.8) is 0 Å². The first-order chi connectivity index (χ1) is 17.5. The Morgan fingerprint density at radius 1 is 0.889 bits per heavy atom. The zero-order valence-electron chi connectivity index (χ0n) is 19.4. The van der Waals surface area contributed by atoms with Crippen molar-refractivity contribution in [2.75, 3.05) is 7.05 Å². The van der Waals surface area contributed by atoms with Crippen molar-refractivity contribution in [1.82, 2.24) is 15.6 Å². The molecule has 178 valence electrons. The van der Waals surface area contributed by atoms with Crippen LogP contribution in [0.5, 0.6) is 0 Å². The van der Waals surface area contributed by atoms with Gasteiger partial charge < -0.3 is 15.1 Å². The molecule has 2 aromatic heterocycles. The molecule has 0 aliphatic rings. The number of rotatable bonds is 6. The van der Waals surface area contributed by atoms with Gasteiger partial charge in [0.05, 0.1) is 5.56 Å². The standard InChI is InChI=1S/C29H22FN3O3/c1-31-29(35)26-24-15-21(9-12-25(24)36-27(26)19-7-10-23(30)11-8-19)20-5-2-6-22(14-20)28(34)33-17-18-4-3-13-32-16-18/h2-16H,17H2,1H3,(H,31,35)(H,33,34). The van der Waals surface area contributed by atoms with Crippen LogP contribution in [0.2, 0.25) is 0 Å². The lowest BCUT2D eigenvalue weighted by atomic mass is 9.99. The van der Waals surface area contributed by atoms with Gasteiger partial charge in [0.2, 0.25) is 0 Å². The van der Waals surface area contributed by atoms with Crippen LogP contribution < -0.4 is 10.6 Å². The number of hydrogen-bond donors (Lipinski definition) is 2. The van der Waals surface area contributed by atoms with Crippen molar-refractivity contribution in [1.29, 1.82) is 0 Å². The molecule has 0 fully saturated rings. The average Bonchev–Trinajstić information content (AvgIpc) is 3.31. The van der Waals surface area contributed by atoms with Gasteiger partial charge in [0, 0.05) is 42.5 Å². The first-order valence-electron chi connectivity index (χ1n) is 11.4. The molecular weight excluding hydrogens is 457 g/mol. The fraction of sp³-hybridized carbons (Fsp3) is 0.0690. The summed E-state index contributed by atoms with van der Waals surface area (Å²) in [4.78, 5) is 29.6. The highest BCUT2D eigenvalue weighted by molar-refractivity contribution is 6.11. The number of nitrogens with zero attached hydrogens (tertiary/aromatic N) is 1. The number of fused-ring (bicyclic) bond motifs is 1. The Labute approximate surface area is 206 Å². The van der Waals surface area contributed by atoms with Crippen LogP contribution in [-0.4, -0.2) is 23.8 Å². The number of aromatic nitrogens is 1. The zero-order valence-corrected chi connectivity index (χ0v) is 19.4. The van der Waals surface area contributed by atoms with Crippen molar-refractivity contribution in [3.8, 4) is 22.5 Å². The van der Waals surface area contributed by atoms with E-state index in [2.05, 4.69) is 15.6 Å². The number of carbonyl (C=O) groups is 2. The van der Waals surface area contributed by atoms with E-state index in [9.17, 15) is 14.0 Å². The lowest BCUT2D eigenvalue weighted by Gasteiger charge is -2.08. The molecule has 0 bridgehead atoms. The third-order valence-electron chi connectivity index (χ3n) is 5.88. The summed E-state index contributed by atoms with van der Waals surface area (Å²) in [6.45, 7) is 0.375. The van der Waals surface area contributed by atoms with E-state index in [4.69, 9.17) is 4.42 Å². The van der Waals surface area contributed by atoms with Crippen LogP contribution in [0, 0.1) is 5.82 Å². The van der Waals surface area contributed by atoms with Crippen LogP contribution in [0.1, 0.15) is 26.3 Å². The molecule has 0 atom stereocenters. The van der Waals surface area contributed by atoms with Crippen molar-refractivity contribution in [2.45, 2.75) is 6.54 Å². The highest BCUT2D eigenvalue weighted by Crippen LogP contribution is 2.36. The minimum Gasteiger partial charge on any atom is -0.455 e. The van der Waals surface area contributed by atoms with Crippen LogP contribution in [0.3, 0.4) is 0 Å². The number of benzene rings is 3. The third kappa shape index (κ3) is 4.59. The molecule has 0 unspecified atom stereocenters. The maximum atomic E-state index is 13.5. The summed E-state index contributed by atoms with van der Waals surface area (Å²) in [6.07, 6.45) is 3.39. The summed E-state index contributed by atoms with van der Waals surface area (Å²) in [5, 5.41) is 6.19. The Hall–Kier alpha value is -4.78. The molecule has 3 aromatic carbocycles. The van der Waals surface area contributed by atoms with E-state index in [1.165, 1.54) is 12.1 Å². The molecule has 0 saturated carbocycles. The molecule has 2 heterocycles. The number of halogens is 1. The van der Waals surface area contributed by atoms with Crippen molar-refractivity contribution in [2.24, 2.45) is 0 Å². The number of pyridine rings is 1. The van der Waals surface area contributed by atoms with Gasteiger partial charge >= 0.3 is 0 Å². The second-order valence-electron chi connectivity index (χ2n) is 8.23. The lowest BCUT2D eigenvalue weighted by molar-refractivity contribution is 0.0947. The summed E-state index contributed by atoms with van der Waals surface area (Å²) in [5.74, 6) is -0.517. The number of amides is 2. The summed E-state index contributed by atoms with van der Waals surface area (Å²) in [5.41, 5.74) is 4.56. The van der Waals surface area contributed by atoms with Gasteiger partial charge in [-0.3, -0.25) is 14.6 Å². The minimum absolute atomic E-state index is 0.199. The molecule has 7 heteroatoms. The molecule has 36 heavy (non-hydrogen) atoms. The number of furan rings is 1. The molecule has 0 radical (unpaired) electrons. The summed E-state index contributed by atoms with van der Waals surface area (Å²) >= 11 is 0. The fourth-order valence-electron chi connectivity index (χ4n) is 4.06. The third-order valence-corrected chi connectivity index (χ3v) is 5.88. The zero-order chi connectivity index (χ0) is 25.1. The SMILES string of the molecule is CNC(=O)c1c(-c2ccc(F)cc2)oc2ccc(-c3cccc(C(=O)NCc4cccnc4)c3)cc12. The predicted molar refractivity (Wildman–Crippen MR) is 136 cm³/mol. The smallest absolute Gasteiger partial charge is 0.255 e. The highest BCUT2D eigenvalue weighted by atomic mass is 19.1. The Balaban J connectivity index is 1.50. The first kappa shape index (κ1) is 23.0. The Morgan fingerprint density at radius 3 is 2.42 bits per heavy atom. The molecule has 0 aliphatic heterocycles. The molecule has 5 rings (SSSR count). The Morgan fingerprint density at radius 2 is 1.67 bits per heavy atom. The number of hydrogen-bond acceptors (Lipinski definition) is 4. The molecule has 6 nitrogen and oxygen atoms in total. The van der Waals surface area contributed by atoms with E-state index in [-0.39, 0.29) is 17.6 Å². The van der Waals surface area contributed by atoms with Gasteiger partial charge in [0.25, 0.3) is 11.8 Å². The Bertz CT molecular complexity index is 1560. The monoisotopic (exact) mass is 479 g/mol. The van der Waals surface area contributed by atoms with Gasteiger partial charge in [-0.1, -0.05) is 24.3 Å². The molecule has 0 spiro atoms. The Kier molecular flexibility index (Phi) is 6.28. The van der Waals surface area contributed by atoms with Gasteiger partial charge in [-0.25, -0.2) is 4.39 Å². The topological polar surface area (TPSA) is 84.2 Å². The van der Waals surface area contributed by atoms with E-state index in [0.29, 0.717) is 40.0 Å². The number of carbonyl (C=O) groups excluding carboxylic acids is 2. The summed E-state index contributed by atoms with van der Waals surface area (Å²) in [6, 6.07) is 22.3. The molecule has 5 aromatic rings. The first-order valence-corrected chi connectivity index (χ1v) is 11.4. The summed E-state index contributed by atoms with van der Waals surface area (Å²) < 4.78 is 19.5. The van der Waals surface area contributed by atoms with Crippen LogP contribution in [0.25, 0.3) is 33.4 Å². The average molecular weight is 480 g/mol. The molecular formula is C29H22FN3O3. The van der Waals surface area contributed by atoms with E-state index in [1.807, 2.05) is 36.4 Å². The fourth-order valence-corrected chi connectivity index (χ4v) is 4.06. The molecule has 2 amide bonds. The van der Waals surface area contributed by atoms with Gasteiger partial charge in [0.15, 0.2) is 0 Å². The van der Waals surface area contributed by atoms with Crippen LogP contribution in [-0.2, 0) is 6.54 Å². The van der Waals surface area contributed by atoms with Crippen LogP contribution in [0.4, 0.5) is 4.39 Å². The summed E-state index contributed by atoms with van der Waals surface area (Å²) in [7, 11) is 1.55. The predicted octanol–water partition coefficient (Wildman–Crippen LogP) is 5.59. The highest BCUT2D eigenvalue weighted by Gasteiger charge is 2.22. The maximum absolute atomic E-state index is 13.5. The quantitative estimate of drug-likeness (QED) is 0.333. The van der Waals surface area contributed by atoms with Crippen molar-refractivity contribution in [3.05, 3.63) is 114 Å². The van der Waals surface area contributed by atoms with Crippen molar-refractivity contribution >= 4 is 22.8 Å². The molecule has 2 N–H and O–H groups in total. The maximum Gasteiger partial charge on any atom is 0.255 e.